The largest absolute Gasteiger partial charge is 0.392 e. The minimum Gasteiger partial charge on any atom is -0.392 e. The summed E-state index contributed by atoms with van der Waals surface area (Å²) in [5, 5.41) is 17.6. The van der Waals surface area contributed by atoms with Crippen LogP contribution in [0, 0.1) is 18.3 Å². The molecule has 23 heavy (non-hydrogen) atoms. The van der Waals surface area contributed by atoms with Crippen LogP contribution in [-0.4, -0.2) is 33.4 Å². The van der Waals surface area contributed by atoms with Gasteiger partial charge >= 0.3 is 0 Å². The SMILES string of the molecule is CCC(CC)n1ncc(C(=O)NCC(C)(C)C(O)C(C)C)c1C. The minimum absolute atomic E-state index is 0.122. The Balaban J connectivity index is 2.80. The van der Waals surface area contributed by atoms with Crippen molar-refractivity contribution in [2.24, 2.45) is 11.3 Å². The molecule has 0 aliphatic rings. The number of nitrogens with zero attached hydrogens (tertiary/aromatic N) is 2. The number of nitrogens with one attached hydrogen (secondary N) is 1. The lowest BCUT2D eigenvalue weighted by Crippen LogP contribution is -2.43. The smallest absolute Gasteiger partial charge is 0.254 e. The Morgan fingerprint density at radius 3 is 2.39 bits per heavy atom. The molecule has 0 saturated carbocycles. The Hall–Kier alpha value is -1.36. The maximum Gasteiger partial charge on any atom is 0.254 e. The molecule has 5 nitrogen and oxygen atoms in total. The molecular weight excluding hydrogens is 290 g/mol. The lowest BCUT2D eigenvalue weighted by Gasteiger charge is -2.33. The van der Waals surface area contributed by atoms with Crippen molar-refractivity contribution in [1.82, 2.24) is 15.1 Å². The molecule has 0 saturated heterocycles. The van der Waals surface area contributed by atoms with Gasteiger partial charge in [0.05, 0.1) is 23.9 Å². The molecule has 0 spiro atoms. The molecule has 0 aliphatic heterocycles. The molecule has 1 unspecified atom stereocenters. The Morgan fingerprint density at radius 1 is 1.35 bits per heavy atom. The summed E-state index contributed by atoms with van der Waals surface area (Å²) in [6.07, 6.45) is 3.17. The van der Waals surface area contributed by atoms with Crippen LogP contribution in [-0.2, 0) is 0 Å². The van der Waals surface area contributed by atoms with Gasteiger partial charge in [0.2, 0.25) is 0 Å². The van der Waals surface area contributed by atoms with E-state index in [2.05, 4.69) is 24.3 Å². The Bertz CT molecular complexity index is 516. The average Bonchev–Trinajstić information content (AvgIpc) is 2.87. The number of hydrogen-bond donors (Lipinski definition) is 2. The summed E-state index contributed by atoms with van der Waals surface area (Å²) in [5.41, 5.74) is 1.15. The monoisotopic (exact) mass is 323 g/mol. The van der Waals surface area contributed by atoms with E-state index >= 15 is 0 Å². The summed E-state index contributed by atoms with van der Waals surface area (Å²) < 4.78 is 1.95. The molecule has 1 aromatic rings. The highest BCUT2D eigenvalue weighted by Gasteiger charge is 2.31. The fourth-order valence-electron chi connectivity index (χ4n) is 3.06. The highest BCUT2D eigenvalue weighted by atomic mass is 16.3. The van der Waals surface area contributed by atoms with Crippen molar-refractivity contribution in [2.45, 2.75) is 73.5 Å². The molecule has 132 valence electrons. The van der Waals surface area contributed by atoms with Crippen LogP contribution in [0.1, 0.15) is 76.5 Å². The van der Waals surface area contributed by atoms with Crippen molar-refractivity contribution in [1.29, 1.82) is 0 Å². The van der Waals surface area contributed by atoms with Gasteiger partial charge in [0.25, 0.3) is 5.91 Å². The number of carbonyl (C=O) groups excluding carboxylic acids is 1. The number of carbonyl (C=O) groups is 1. The molecule has 0 aliphatic carbocycles. The van der Waals surface area contributed by atoms with E-state index in [-0.39, 0.29) is 17.2 Å². The zero-order valence-electron chi connectivity index (χ0n) is 15.7. The number of rotatable bonds is 8. The lowest BCUT2D eigenvalue weighted by atomic mass is 9.80. The van der Waals surface area contributed by atoms with Gasteiger partial charge in [-0.05, 0) is 25.7 Å². The standard InChI is InChI=1S/C18H33N3O2/c1-8-14(9-2)21-13(5)15(10-20-21)17(23)19-11-18(6,7)16(22)12(3)4/h10,12,14,16,22H,8-9,11H2,1-7H3,(H,19,23). The normalized spacial score (nSPS) is 13.7. The Morgan fingerprint density at radius 2 is 1.91 bits per heavy atom. The predicted molar refractivity (Wildman–Crippen MR) is 93.5 cm³/mol. The number of amides is 1. The number of aliphatic hydroxyl groups excluding tert-OH is 1. The molecule has 0 bridgehead atoms. The molecule has 2 N–H and O–H groups in total. The third kappa shape index (κ3) is 4.56. The van der Waals surface area contributed by atoms with Crippen LogP contribution in [0.25, 0.3) is 0 Å². The van der Waals surface area contributed by atoms with Gasteiger partial charge in [-0.3, -0.25) is 9.48 Å². The van der Waals surface area contributed by atoms with Gasteiger partial charge in [0, 0.05) is 17.7 Å². The molecular formula is C18H33N3O2. The number of hydrogen-bond acceptors (Lipinski definition) is 3. The van der Waals surface area contributed by atoms with Crippen LogP contribution in [0.15, 0.2) is 6.20 Å². The van der Waals surface area contributed by atoms with Crippen molar-refractivity contribution >= 4 is 5.91 Å². The van der Waals surface area contributed by atoms with Crippen LogP contribution in [0.5, 0.6) is 0 Å². The van der Waals surface area contributed by atoms with E-state index in [0.717, 1.165) is 18.5 Å². The molecule has 0 aromatic carbocycles. The van der Waals surface area contributed by atoms with E-state index in [1.807, 2.05) is 39.3 Å². The molecule has 0 fully saturated rings. The van der Waals surface area contributed by atoms with E-state index in [1.165, 1.54) is 0 Å². The Kier molecular flexibility index (Phi) is 6.81. The zero-order valence-corrected chi connectivity index (χ0v) is 15.7. The van der Waals surface area contributed by atoms with Crippen LogP contribution in [0.2, 0.25) is 0 Å². The summed E-state index contributed by atoms with van der Waals surface area (Å²) in [4.78, 5) is 12.5. The highest BCUT2D eigenvalue weighted by molar-refractivity contribution is 5.95. The summed E-state index contributed by atoms with van der Waals surface area (Å²) in [7, 11) is 0. The van der Waals surface area contributed by atoms with Crippen LogP contribution in [0.3, 0.4) is 0 Å². The van der Waals surface area contributed by atoms with Gasteiger partial charge < -0.3 is 10.4 Å². The fourth-order valence-corrected chi connectivity index (χ4v) is 3.06. The molecule has 1 aromatic heterocycles. The quantitative estimate of drug-likeness (QED) is 0.771. The minimum atomic E-state index is -0.462. The van der Waals surface area contributed by atoms with E-state index in [1.54, 1.807) is 6.20 Å². The van der Waals surface area contributed by atoms with Gasteiger partial charge in [-0.25, -0.2) is 0 Å². The maximum atomic E-state index is 12.5. The van der Waals surface area contributed by atoms with Crippen molar-refractivity contribution in [3.63, 3.8) is 0 Å². The molecule has 1 amide bonds. The van der Waals surface area contributed by atoms with E-state index in [9.17, 15) is 9.90 Å². The summed E-state index contributed by atoms with van der Waals surface area (Å²) in [6, 6.07) is 0.329. The zero-order chi connectivity index (χ0) is 17.8. The van der Waals surface area contributed by atoms with Crippen molar-refractivity contribution < 1.29 is 9.90 Å². The first-order chi connectivity index (χ1) is 10.7. The van der Waals surface area contributed by atoms with Crippen molar-refractivity contribution in [3.05, 3.63) is 17.5 Å². The summed E-state index contributed by atoms with van der Waals surface area (Å²) >= 11 is 0. The first-order valence-corrected chi connectivity index (χ1v) is 8.66. The van der Waals surface area contributed by atoms with Gasteiger partial charge in [-0.1, -0.05) is 41.5 Å². The van der Waals surface area contributed by atoms with Gasteiger partial charge in [-0.2, -0.15) is 5.10 Å². The predicted octanol–water partition coefficient (Wildman–Crippen LogP) is 3.33. The first kappa shape index (κ1) is 19.7. The van der Waals surface area contributed by atoms with Crippen molar-refractivity contribution in [2.75, 3.05) is 6.54 Å². The van der Waals surface area contributed by atoms with E-state index in [0.29, 0.717) is 18.2 Å². The molecule has 1 heterocycles. The second kappa shape index (κ2) is 7.95. The van der Waals surface area contributed by atoms with Crippen LogP contribution >= 0.6 is 0 Å². The van der Waals surface area contributed by atoms with Crippen LogP contribution in [0.4, 0.5) is 0 Å². The average molecular weight is 323 g/mol. The van der Waals surface area contributed by atoms with E-state index < -0.39 is 6.10 Å². The number of aliphatic hydroxyl groups is 1. The topological polar surface area (TPSA) is 67.2 Å². The summed E-state index contributed by atoms with van der Waals surface area (Å²) in [5.74, 6) is 0.0324. The Labute approximate surface area is 140 Å². The maximum absolute atomic E-state index is 12.5. The van der Waals surface area contributed by atoms with Crippen LogP contribution < -0.4 is 5.32 Å². The van der Waals surface area contributed by atoms with Gasteiger partial charge in [-0.15, -0.1) is 0 Å². The van der Waals surface area contributed by atoms with Crippen molar-refractivity contribution in [3.8, 4) is 0 Å². The third-order valence-electron chi connectivity index (χ3n) is 4.71. The third-order valence-corrected chi connectivity index (χ3v) is 4.71. The molecule has 1 rings (SSSR count). The van der Waals surface area contributed by atoms with Gasteiger partial charge in [0.1, 0.15) is 0 Å². The second-order valence-corrected chi connectivity index (χ2v) is 7.42. The summed E-state index contributed by atoms with van der Waals surface area (Å²) in [6.45, 7) is 14.5. The van der Waals surface area contributed by atoms with E-state index in [4.69, 9.17) is 0 Å². The fraction of sp³-hybridized carbons (Fsp3) is 0.778. The molecule has 1 atom stereocenters. The first-order valence-electron chi connectivity index (χ1n) is 8.66. The molecule has 5 heteroatoms. The second-order valence-electron chi connectivity index (χ2n) is 7.42. The lowest BCUT2D eigenvalue weighted by molar-refractivity contribution is 0.0138. The van der Waals surface area contributed by atoms with Gasteiger partial charge in [0.15, 0.2) is 0 Å². The highest BCUT2D eigenvalue weighted by Crippen LogP contribution is 2.25. The molecule has 0 radical (unpaired) electrons. The number of aromatic nitrogens is 2.